The van der Waals surface area contributed by atoms with E-state index in [1.54, 1.807) is 19.2 Å². The molecule has 4 nitrogen and oxygen atoms in total. The highest BCUT2D eigenvalue weighted by atomic mass is 32.1. The maximum Gasteiger partial charge on any atom is 0.269 e. The molecule has 2 rings (SSSR count). The standard InChI is InChI=1S/C15H14N2O2S/c1-19-13-7-9-20-14(13)15(18)17-12-6-2-4-11(10-12)5-3-8-16/h2,4,6-7,9-10H,8,16H2,1H3,(H,17,18). The zero-order valence-corrected chi connectivity index (χ0v) is 11.8. The molecule has 5 heteroatoms. The zero-order valence-electron chi connectivity index (χ0n) is 11.0. The highest BCUT2D eigenvalue weighted by Crippen LogP contribution is 2.25. The lowest BCUT2D eigenvalue weighted by Crippen LogP contribution is -2.11. The second kappa shape index (κ2) is 6.75. The van der Waals surface area contributed by atoms with Crippen LogP contribution in [0.5, 0.6) is 5.75 Å². The molecule has 0 bridgehead atoms. The molecule has 2 aromatic rings. The van der Waals surface area contributed by atoms with E-state index in [1.807, 2.05) is 23.6 Å². The minimum absolute atomic E-state index is 0.194. The lowest BCUT2D eigenvalue weighted by molar-refractivity contribution is 0.102. The van der Waals surface area contributed by atoms with Gasteiger partial charge in [-0.1, -0.05) is 17.9 Å². The Balaban J connectivity index is 2.16. The topological polar surface area (TPSA) is 64.3 Å². The fourth-order valence-electron chi connectivity index (χ4n) is 1.64. The second-order valence-corrected chi connectivity index (χ2v) is 4.78. The van der Waals surface area contributed by atoms with E-state index in [0.717, 1.165) is 5.56 Å². The predicted molar refractivity (Wildman–Crippen MR) is 81.2 cm³/mol. The number of nitrogens with one attached hydrogen (secondary N) is 1. The van der Waals surface area contributed by atoms with Crippen molar-refractivity contribution in [2.75, 3.05) is 19.0 Å². The molecule has 1 amide bonds. The van der Waals surface area contributed by atoms with Gasteiger partial charge in [-0.05, 0) is 29.6 Å². The first-order valence-corrected chi connectivity index (χ1v) is 6.84. The summed E-state index contributed by atoms with van der Waals surface area (Å²) in [5.74, 6) is 6.09. The van der Waals surface area contributed by atoms with Gasteiger partial charge in [-0.2, -0.15) is 0 Å². The number of hydrogen-bond donors (Lipinski definition) is 2. The van der Waals surface area contributed by atoms with Crippen LogP contribution in [0, 0.1) is 11.8 Å². The van der Waals surface area contributed by atoms with Crippen molar-refractivity contribution in [2.24, 2.45) is 5.73 Å². The molecular weight excluding hydrogens is 272 g/mol. The van der Waals surface area contributed by atoms with Gasteiger partial charge in [0.2, 0.25) is 0 Å². The van der Waals surface area contributed by atoms with E-state index in [1.165, 1.54) is 11.3 Å². The van der Waals surface area contributed by atoms with Crippen molar-refractivity contribution < 1.29 is 9.53 Å². The van der Waals surface area contributed by atoms with Crippen LogP contribution in [-0.2, 0) is 0 Å². The molecule has 102 valence electrons. The Hall–Kier alpha value is -2.29. The van der Waals surface area contributed by atoms with E-state index < -0.39 is 0 Å². The van der Waals surface area contributed by atoms with Gasteiger partial charge in [0.25, 0.3) is 5.91 Å². The van der Waals surface area contributed by atoms with E-state index in [9.17, 15) is 4.79 Å². The van der Waals surface area contributed by atoms with Gasteiger partial charge in [0.15, 0.2) is 0 Å². The molecule has 20 heavy (non-hydrogen) atoms. The van der Waals surface area contributed by atoms with Gasteiger partial charge in [-0.25, -0.2) is 0 Å². The van der Waals surface area contributed by atoms with Gasteiger partial charge in [-0.15, -0.1) is 11.3 Å². The Labute approximate surface area is 121 Å². The highest BCUT2D eigenvalue weighted by Gasteiger charge is 2.13. The largest absolute Gasteiger partial charge is 0.495 e. The number of carbonyl (C=O) groups is 1. The van der Waals surface area contributed by atoms with Crippen LogP contribution in [0.3, 0.4) is 0 Å². The van der Waals surface area contributed by atoms with E-state index >= 15 is 0 Å². The molecule has 0 fully saturated rings. The number of benzene rings is 1. The second-order valence-electron chi connectivity index (χ2n) is 3.86. The maximum absolute atomic E-state index is 12.1. The van der Waals surface area contributed by atoms with Crippen molar-refractivity contribution in [3.8, 4) is 17.6 Å². The third-order valence-electron chi connectivity index (χ3n) is 2.51. The van der Waals surface area contributed by atoms with Crippen molar-refractivity contribution in [1.29, 1.82) is 0 Å². The molecule has 1 aromatic carbocycles. The Bertz CT molecular complexity index is 668. The minimum atomic E-state index is -0.194. The maximum atomic E-state index is 12.1. The summed E-state index contributed by atoms with van der Waals surface area (Å²) in [6.07, 6.45) is 0. The first kappa shape index (κ1) is 14.1. The quantitative estimate of drug-likeness (QED) is 0.851. The summed E-state index contributed by atoms with van der Waals surface area (Å²) in [5.41, 5.74) is 6.84. The Kier molecular flexibility index (Phi) is 4.77. The lowest BCUT2D eigenvalue weighted by atomic mass is 10.2. The van der Waals surface area contributed by atoms with Crippen LogP contribution in [-0.4, -0.2) is 19.6 Å². The molecule has 0 aliphatic rings. The number of rotatable bonds is 3. The molecular formula is C15H14N2O2S. The summed E-state index contributed by atoms with van der Waals surface area (Å²) in [5, 5.41) is 4.64. The number of methoxy groups -OCH3 is 1. The number of anilines is 1. The normalized spacial score (nSPS) is 9.50. The lowest BCUT2D eigenvalue weighted by Gasteiger charge is -2.05. The monoisotopic (exact) mass is 286 g/mol. The van der Waals surface area contributed by atoms with Crippen LogP contribution in [0.1, 0.15) is 15.2 Å². The van der Waals surface area contributed by atoms with Crippen molar-refractivity contribution in [1.82, 2.24) is 0 Å². The van der Waals surface area contributed by atoms with Crippen LogP contribution in [0.25, 0.3) is 0 Å². The summed E-state index contributed by atoms with van der Waals surface area (Å²) >= 11 is 1.34. The predicted octanol–water partition coefficient (Wildman–Crippen LogP) is 2.32. The summed E-state index contributed by atoms with van der Waals surface area (Å²) in [6, 6.07) is 9.08. The first-order valence-electron chi connectivity index (χ1n) is 5.96. The molecule has 0 aliphatic heterocycles. The summed E-state index contributed by atoms with van der Waals surface area (Å²) in [7, 11) is 1.54. The van der Waals surface area contributed by atoms with Gasteiger partial charge in [0.1, 0.15) is 10.6 Å². The Morgan fingerprint density at radius 1 is 1.45 bits per heavy atom. The van der Waals surface area contributed by atoms with Crippen molar-refractivity contribution >= 4 is 22.9 Å². The van der Waals surface area contributed by atoms with E-state index in [0.29, 0.717) is 22.9 Å². The smallest absolute Gasteiger partial charge is 0.269 e. The number of carbonyl (C=O) groups excluding carboxylic acids is 1. The van der Waals surface area contributed by atoms with Crippen LogP contribution in [0.15, 0.2) is 35.7 Å². The average molecular weight is 286 g/mol. The van der Waals surface area contributed by atoms with Gasteiger partial charge in [0, 0.05) is 11.3 Å². The Morgan fingerprint density at radius 2 is 2.30 bits per heavy atom. The molecule has 0 unspecified atom stereocenters. The van der Waals surface area contributed by atoms with Crippen molar-refractivity contribution in [2.45, 2.75) is 0 Å². The van der Waals surface area contributed by atoms with E-state index in [4.69, 9.17) is 10.5 Å². The number of thiophene rings is 1. The number of ether oxygens (including phenoxy) is 1. The third-order valence-corrected chi connectivity index (χ3v) is 3.40. The summed E-state index contributed by atoms with van der Waals surface area (Å²) in [4.78, 5) is 12.7. The van der Waals surface area contributed by atoms with Gasteiger partial charge >= 0.3 is 0 Å². The molecule has 0 spiro atoms. The van der Waals surface area contributed by atoms with Crippen LogP contribution in [0.2, 0.25) is 0 Å². The molecule has 0 radical (unpaired) electrons. The molecule has 0 saturated heterocycles. The van der Waals surface area contributed by atoms with Gasteiger partial charge in [-0.3, -0.25) is 4.79 Å². The van der Waals surface area contributed by atoms with Gasteiger partial charge in [0.05, 0.1) is 13.7 Å². The van der Waals surface area contributed by atoms with Crippen molar-refractivity contribution in [3.63, 3.8) is 0 Å². The van der Waals surface area contributed by atoms with Crippen molar-refractivity contribution in [3.05, 3.63) is 46.2 Å². The molecule has 3 N–H and O–H groups in total. The van der Waals surface area contributed by atoms with E-state index in [-0.39, 0.29) is 5.91 Å². The zero-order chi connectivity index (χ0) is 14.4. The van der Waals surface area contributed by atoms with Crippen LogP contribution < -0.4 is 15.8 Å². The average Bonchev–Trinajstić information content (AvgIpc) is 2.94. The third kappa shape index (κ3) is 3.38. The highest BCUT2D eigenvalue weighted by molar-refractivity contribution is 7.12. The number of hydrogen-bond acceptors (Lipinski definition) is 4. The number of nitrogens with two attached hydrogens (primary N) is 1. The molecule has 0 saturated carbocycles. The van der Waals surface area contributed by atoms with Crippen LogP contribution in [0.4, 0.5) is 5.69 Å². The van der Waals surface area contributed by atoms with Gasteiger partial charge < -0.3 is 15.8 Å². The molecule has 1 heterocycles. The summed E-state index contributed by atoms with van der Waals surface area (Å²) in [6.45, 7) is 0.309. The SMILES string of the molecule is COc1ccsc1C(=O)Nc1cccc(C#CCN)c1. The molecule has 1 aromatic heterocycles. The number of amides is 1. The summed E-state index contributed by atoms with van der Waals surface area (Å²) < 4.78 is 5.13. The van der Waals surface area contributed by atoms with E-state index in [2.05, 4.69) is 17.2 Å². The fourth-order valence-corrected chi connectivity index (χ4v) is 2.39. The minimum Gasteiger partial charge on any atom is -0.495 e. The Morgan fingerprint density at radius 3 is 3.05 bits per heavy atom. The fraction of sp³-hybridized carbons (Fsp3) is 0.133. The van der Waals surface area contributed by atoms with Crippen LogP contribution >= 0.6 is 11.3 Å². The molecule has 0 aliphatic carbocycles. The first-order chi connectivity index (χ1) is 9.74. The molecule has 0 atom stereocenters.